The molecule has 3 rings (SSSR count). The zero-order valence-electron chi connectivity index (χ0n) is 11.5. The van der Waals surface area contributed by atoms with E-state index in [2.05, 4.69) is 47.8 Å². The molecule has 0 bridgehead atoms. The van der Waals surface area contributed by atoms with E-state index in [-0.39, 0.29) is 0 Å². The van der Waals surface area contributed by atoms with Crippen molar-refractivity contribution < 1.29 is 0 Å². The Kier molecular flexibility index (Phi) is 3.65. The third-order valence-corrected chi connectivity index (χ3v) is 4.03. The molecule has 1 N–H and O–H groups in total. The van der Waals surface area contributed by atoms with Gasteiger partial charge in [0.15, 0.2) is 0 Å². The molecule has 100 valence electrons. The van der Waals surface area contributed by atoms with Crippen LogP contribution in [0.25, 0.3) is 11.1 Å². The van der Waals surface area contributed by atoms with Crippen LogP contribution in [0.1, 0.15) is 18.5 Å². The van der Waals surface area contributed by atoms with Crippen LogP contribution < -0.4 is 5.32 Å². The molecule has 19 heavy (non-hydrogen) atoms. The van der Waals surface area contributed by atoms with E-state index in [1.165, 1.54) is 36.2 Å². The van der Waals surface area contributed by atoms with Crippen molar-refractivity contribution in [3.63, 3.8) is 0 Å². The fraction of sp³-hybridized carbons (Fsp3) is 0.438. The van der Waals surface area contributed by atoms with E-state index in [1.807, 2.05) is 10.9 Å². The lowest BCUT2D eigenvalue weighted by molar-refractivity contribution is 0.370. The summed E-state index contributed by atoms with van der Waals surface area (Å²) in [5, 5.41) is 7.95. The molecule has 0 radical (unpaired) electrons. The molecule has 3 nitrogen and oxygen atoms in total. The number of nitrogens with one attached hydrogen (secondary N) is 1. The molecule has 1 aliphatic rings. The number of hydrogen-bond acceptors (Lipinski definition) is 2. The maximum absolute atomic E-state index is 4.45. The molecule has 1 aromatic heterocycles. The zero-order valence-corrected chi connectivity index (χ0v) is 11.5. The monoisotopic (exact) mass is 255 g/mol. The first-order valence-corrected chi connectivity index (χ1v) is 7.11. The average molecular weight is 255 g/mol. The Labute approximate surface area is 114 Å². The molecule has 1 fully saturated rings. The topological polar surface area (TPSA) is 29.9 Å². The summed E-state index contributed by atoms with van der Waals surface area (Å²) in [5.41, 5.74) is 3.92. The van der Waals surface area contributed by atoms with E-state index in [0.29, 0.717) is 0 Å². The smallest absolute Gasteiger partial charge is 0.0571 e. The highest BCUT2D eigenvalue weighted by molar-refractivity contribution is 5.65. The number of aryl methyl sites for hydroxylation is 1. The molecule has 0 amide bonds. The van der Waals surface area contributed by atoms with Gasteiger partial charge in [-0.25, -0.2) is 0 Å². The molecule has 2 heterocycles. The first kappa shape index (κ1) is 12.4. The maximum atomic E-state index is 4.45. The minimum atomic E-state index is 0.742. The minimum absolute atomic E-state index is 0.742. The van der Waals surface area contributed by atoms with Gasteiger partial charge in [0, 0.05) is 18.3 Å². The normalized spacial score (nSPS) is 19.5. The second-order valence-electron chi connectivity index (χ2n) is 5.41. The number of benzene rings is 1. The van der Waals surface area contributed by atoms with Crippen molar-refractivity contribution in [3.8, 4) is 11.1 Å². The van der Waals surface area contributed by atoms with Crippen molar-refractivity contribution in [2.75, 3.05) is 13.1 Å². The van der Waals surface area contributed by atoms with Gasteiger partial charge in [-0.15, -0.1) is 0 Å². The predicted octanol–water partition coefficient (Wildman–Crippen LogP) is 2.63. The molecule has 0 aliphatic carbocycles. The predicted molar refractivity (Wildman–Crippen MR) is 77.9 cm³/mol. The third-order valence-electron chi connectivity index (χ3n) is 4.03. The van der Waals surface area contributed by atoms with Crippen molar-refractivity contribution >= 4 is 0 Å². The van der Waals surface area contributed by atoms with E-state index in [0.717, 1.165) is 18.9 Å². The van der Waals surface area contributed by atoms with Gasteiger partial charge in [-0.1, -0.05) is 30.3 Å². The summed E-state index contributed by atoms with van der Waals surface area (Å²) in [7, 11) is 2.05. The summed E-state index contributed by atoms with van der Waals surface area (Å²) < 4.78 is 2.04. The van der Waals surface area contributed by atoms with Crippen molar-refractivity contribution in [2.24, 2.45) is 13.0 Å². The van der Waals surface area contributed by atoms with Crippen LogP contribution in [-0.2, 0) is 13.5 Å². The van der Waals surface area contributed by atoms with Crippen LogP contribution in [-0.4, -0.2) is 22.9 Å². The fourth-order valence-electron chi connectivity index (χ4n) is 2.94. The summed E-state index contributed by atoms with van der Waals surface area (Å²) in [6.45, 7) is 2.31. The van der Waals surface area contributed by atoms with Crippen molar-refractivity contribution in [1.82, 2.24) is 15.1 Å². The summed E-state index contributed by atoms with van der Waals surface area (Å²) in [5.74, 6) is 0.742. The summed E-state index contributed by atoms with van der Waals surface area (Å²) in [4.78, 5) is 0. The first-order valence-electron chi connectivity index (χ1n) is 7.11. The highest BCUT2D eigenvalue weighted by Gasteiger charge is 2.18. The molecule has 0 spiro atoms. The Bertz CT molecular complexity index is 524. The van der Waals surface area contributed by atoms with Crippen molar-refractivity contribution in [1.29, 1.82) is 0 Å². The van der Waals surface area contributed by atoms with E-state index in [9.17, 15) is 0 Å². The number of piperidine rings is 1. The van der Waals surface area contributed by atoms with E-state index >= 15 is 0 Å². The van der Waals surface area contributed by atoms with Gasteiger partial charge in [-0.3, -0.25) is 4.68 Å². The van der Waals surface area contributed by atoms with Crippen LogP contribution >= 0.6 is 0 Å². The van der Waals surface area contributed by atoms with Gasteiger partial charge >= 0.3 is 0 Å². The summed E-state index contributed by atoms with van der Waals surface area (Å²) in [6, 6.07) is 10.6. The lowest BCUT2D eigenvalue weighted by Crippen LogP contribution is -2.31. The highest BCUT2D eigenvalue weighted by Crippen LogP contribution is 2.26. The van der Waals surface area contributed by atoms with Gasteiger partial charge in [-0.05, 0) is 43.8 Å². The van der Waals surface area contributed by atoms with Crippen LogP contribution in [0.2, 0.25) is 0 Å². The lowest BCUT2D eigenvalue weighted by Gasteiger charge is -2.23. The fourth-order valence-corrected chi connectivity index (χ4v) is 2.94. The Hall–Kier alpha value is -1.61. The maximum Gasteiger partial charge on any atom is 0.0571 e. The van der Waals surface area contributed by atoms with Crippen LogP contribution in [0.3, 0.4) is 0 Å². The van der Waals surface area contributed by atoms with Gasteiger partial charge in [0.05, 0.1) is 6.20 Å². The van der Waals surface area contributed by atoms with E-state index in [1.54, 1.807) is 0 Å². The molecular weight excluding hydrogens is 234 g/mol. The molecule has 2 aromatic rings. The van der Waals surface area contributed by atoms with E-state index in [4.69, 9.17) is 0 Å². The average Bonchev–Trinajstić information content (AvgIpc) is 2.82. The summed E-state index contributed by atoms with van der Waals surface area (Å²) >= 11 is 0. The Morgan fingerprint density at radius 3 is 2.89 bits per heavy atom. The van der Waals surface area contributed by atoms with Crippen LogP contribution in [0, 0.1) is 5.92 Å². The number of rotatable bonds is 3. The number of hydrogen-bond donors (Lipinski definition) is 1. The molecule has 0 saturated carbocycles. The number of aromatic nitrogens is 2. The van der Waals surface area contributed by atoms with Gasteiger partial charge in [-0.2, -0.15) is 5.10 Å². The van der Waals surface area contributed by atoms with Crippen LogP contribution in [0.4, 0.5) is 0 Å². The molecular formula is C16H21N3. The Morgan fingerprint density at radius 1 is 1.32 bits per heavy atom. The Morgan fingerprint density at radius 2 is 2.16 bits per heavy atom. The van der Waals surface area contributed by atoms with Gasteiger partial charge < -0.3 is 5.32 Å². The SMILES string of the molecule is Cn1ncc(-c2ccccc2)c1CC1CCCNC1. The van der Waals surface area contributed by atoms with E-state index < -0.39 is 0 Å². The highest BCUT2D eigenvalue weighted by atomic mass is 15.3. The molecule has 1 saturated heterocycles. The van der Waals surface area contributed by atoms with Crippen LogP contribution in [0.5, 0.6) is 0 Å². The molecule has 1 unspecified atom stereocenters. The minimum Gasteiger partial charge on any atom is -0.316 e. The van der Waals surface area contributed by atoms with Crippen molar-refractivity contribution in [3.05, 3.63) is 42.2 Å². The van der Waals surface area contributed by atoms with Gasteiger partial charge in [0.2, 0.25) is 0 Å². The second kappa shape index (κ2) is 5.57. The molecule has 1 aliphatic heterocycles. The summed E-state index contributed by atoms with van der Waals surface area (Å²) in [6.07, 6.45) is 5.74. The van der Waals surface area contributed by atoms with Crippen LogP contribution in [0.15, 0.2) is 36.5 Å². The van der Waals surface area contributed by atoms with Gasteiger partial charge in [0.25, 0.3) is 0 Å². The Balaban J connectivity index is 1.86. The van der Waals surface area contributed by atoms with Crippen molar-refractivity contribution in [2.45, 2.75) is 19.3 Å². The zero-order chi connectivity index (χ0) is 13.1. The first-order chi connectivity index (χ1) is 9.34. The quantitative estimate of drug-likeness (QED) is 0.913. The molecule has 1 atom stereocenters. The second-order valence-corrected chi connectivity index (χ2v) is 5.41. The molecule has 1 aromatic carbocycles. The molecule has 3 heteroatoms. The van der Waals surface area contributed by atoms with Gasteiger partial charge in [0.1, 0.15) is 0 Å². The lowest BCUT2D eigenvalue weighted by atomic mass is 9.92. The number of nitrogens with zero attached hydrogens (tertiary/aromatic N) is 2. The third kappa shape index (κ3) is 2.71. The standard InChI is InChI=1S/C16H21N3/c1-19-16(10-13-6-5-9-17-11-13)15(12-18-19)14-7-3-2-4-8-14/h2-4,7-8,12-13,17H,5-6,9-11H2,1H3. The largest absolute Gasteiger partial charge is 0.316 e.